The van der Waals surface area contributed by atoms with Crippen LogP contribution < -0.4 is 4.90 Å². The highest BCUT2D eigenvalue weighted by atomic mass is 16.3. The number of hydrogen-bond donors (Lipinski definition) is 3. The lowest BCUT2D eigenvalue weighted by Gasteiger charge is -2.28. The molecule has 1 atom stereocenters. The fraction of sp³-hybridized carbons (Fsp3) is 0.182. The molecule has 0 aliphatic carbocycles. The van der Waals surface area contributed by atoms with Crippen molar-refractivity contribution in [2.75, 3.05) is 18.6 Å². The van der Waals surface area contributed by atoms with E-state index in [4.69, 9.17) is 0 Å². The second-order valence-corrected chi connectivity index (χ2v) is 6.72. The van der Waals surface area contributed by atoms with Crippen molar-refractivity contribution in [2.45, 2.75) is 12.6 Å². The van der Waals surface area contributed by atoms with Gasteiger partial charge in [-0.15, -0.1) is 0 Å². The third kappa shape index (κ3) is 3.35. The van der Waals surface area contributed by atoms with Crippen LogP contribution in [0.4, 0.5) is 5.82 Å². The molecule has 0 saturated heterocycles. The molecule has 4 aromatic rings. The van der Waals surface area contributed by atoms with E-state index in [1.54, 1.807) is 0 Å². The zero-order valence-electron chi connectivity index (χ0n) is 15.6. The number of nitrogens with one attached hydrogen (secondary N) is 1. The molecule has 0 radical (unpaired) electrons. The lowest BCUT2D eigenvalue weighted by molar-refractivity contribution is 0.264. The quantitative estimate of drug-likeness (QED) is 0.482. The number of aliphatic hydroxyl groups is 2. The van der Waals surface area contributed by atoms with Gasteiger partial charge >= 0.3 is 0 Å². The van der Waals surface area contributed by atoms with E-state index in [0.29, 0.717) is 0 Å². The molecular weight excluding hydrogens is 352 g/mol. The molecule has 0 bridgehead atoms. The summed E-state index contributed by atoms with van der Waals surface area (Å²) in [4.78, 5) is 14.2. The fourth-order valence-corrected chi connectivity index (χ4v) is 3.43. The van der Waals surface area contributed by atoms with E-state index < -0.39 is 0 Å². The highest BCUT2D eigenvalue weighted by Crippen LogP contribution is 2.32. The van der Waals surface area contributed by atoms with E-state index in [-0.39, 0.29) is 19.3 Å². The number of likely N-dealkylation sites (N-methyl/N-ethyl adjacent to an activating group) is 1. The van der Waals surface area contributed by atoms with Gasteiger partial charge in [0.15, 0.2) is 0 Å². The predicted octanol–water partition coefficient (Wildman–Crippen LogP) is 3.29. The van der Waals surface area contributed by atoms with E-state index in [2.05, 4.69) is 15.0 Å². The number of fused-ring (bicyclic) bond motifs is 1. The second kappa shape index (κ2) is 7.80. The van der Waals surface area contributed by atoms with Crippen molar-refractivity contribution in [1.29, 1.82) is 0 Å². The Kier molecular flexibility index (Phi) is 5.06. The monoisotopic (exact) mass is 374 g/mol. The van der Waals surface area contributed by atoms with Crippen LogP contribution in [0.3, 0.4) is 0 Å². The highest BCUT2D eigenvalue weighted by molar-refractivity contribution is 5.92. The van der Waals surface area contributed by atoms with Crippen LogP contribution in [0.1, 0.15) is 17.2 Å². The minimum Gasteiger partial charge on any atom is -0.394 e. The normalized spacial score (nSPS) is 12.2. The summed E-state index contributed by atoms with van der Waals surface area (Å²) in [5.74, 6) is 0.752. The maximum absolute atomic E-state index is 10.0. The molecule has 3 N–H and O–H groups in total. The summed E-state index contributed by atoms with van der Waals surface area (Å²) < 4.78 is 0. The van der Waals surface area contributed by atoms with E-state index >= 15 is 0 Å². The van der Waals surface area contributed by atoms with Gasteiger partial charge in [-0.1, -0.05) is 54.6 Å². The van der Waals surface area contributed by atoms with Crippen molar-refractivity contribution in [3.63, 3.8) is 0 Å². The highest BCUT2D eigenvalue weighted by Gasteiger charge is 2.20. The number of nitrogens with zero attached hydrogens (tertiary/aromatic N) is 3. The molecule has 2 aromatic carbocycles. The number of hydrogen-bond acceptors (Lipinski definition) is 5. The predicted molar refractivity (Wildman–Crippen MR) is 110 cm³/mol. The molecule has 0 aliphatic heterocycles. The maximum Gasteiger partial charge on any atom is 0.143 e. The molecule has 0 unspecified atom stereocenters. The lowest BCUT2D eigenvalue weighted by atomic mass is 10.1. The van der Waals surface area contributed by atoms with Crippen LogP contribution in [0, 0.1) is 0 Å². The minimum atomic E-state index is -0.207. The summed E-state index contributed by atoms with van der Waals surface area (Å²) in [6.07, 6.45) is 1.53. The van der Waals surface area contributed by atoms with Crippen molar-refractivity contribution in [2.24, 2.45) is 0 Å². The summed E-state index contributed by atoms with van der Waals surface area (Å²) in [6, 6.07) is 19.4. The molecule has 0 aliphatic rings. The van der Waals surface area contributed by atoms with Gasteiger partial charge in [-0.05, 0) is 22.8 Å². The Morgan fingerprint density at radius 3 is 2.43 bits per heavy atom. The Hall–Kier alpha value is -3.22. The number of aliphatic hydroxyl groups excluding tert-OH is 2. The van der Waals surface area contributed by atoms with Crippen LogP contribution in [0.5, 0.6) is 0 Å². The SMILES string of the molecule is CN(c1ncnc2[nH]c(-c3ccc(CO)cc3)cc12)[C@@H](CO)c1ccccc1. The van der Waals surface area contributed by atoms with Crippen LogP contribution in [-0.2, 0) is 6.61 Å². The zero-order valence-corrected chi connectivity index (χ0v) is 15.6. The average Bonchev–Trinajstić information content (AvgIpc) is 3.19. The number of rotatable bonds is 6. The van der Waals surface area contributed by atoms with Crippen molar-refractivity contribution >= 4 is 16.9 Å². The summed E-state index contributed by atoms with van der Waals surface area (Å²) in [7, 11) is 1.93. The van der Waals surface area contributed by atoms with Crippen LogP contribution in [-0.4, -0.2) is 38.8 Å². The van der Waals surface area contributed by atoms with Gasteiger partial charge in [0.1, 0.15) is 17.8 Å². The molecule has 142 valence electrons. The van der Waals surface area contributed by atoms with Crippen molar-refractivity contribution in [3.05, 3.63) is 78.1 Å². The minimum absolute atomic E-state index is 0.0219. The Morgan fingerprint density at radius 1 is 1.00 bits per heavy atom. The van der Waals surface area contributed by atoms with Crippen LogP contribution in [0.25, 0.3) is 22.3 Å². The number of benzene rings is 2. The molecule has 6 nitrogen and oxygen atoms in total. The van der Waals surface area contributed by atoms with E-state index in [1.165, 1.54) is 6.33 Å². The molecule has 4 rings (SSSR count). The van der Waals surface area contributed by atoms with E-state index in [9.17, 15) is 10.2 Å². The van der Waals surface area contributed by atoms with Gasteiger partial charge in [0, 0.05) is 12.7 Å². The van der Waals surface area contributed by atoms with Gasteiger partial charge in [-0.2, -0.15) is 0 Å². The lowest BCUT2D eigenvalue weighted by Crippen LogP contribution is -2.28. The fourth-order valence-electron chi connectivity index (χ4n) is 3.43. The van der Waals surface area contributed by atoms with Gasteiger partial charge in [-0.3, -0.25) is 0 Å². The summed E-state index contributed by atoms with van der Waals surface area (Å²) in [5, 5.41) is 20.1. The molecule has 2 heterocycles. The van der Waals surface area contributed by atoms with Gasteiger partial charge in [0.25, 0.3) is 0 Å². The Morgan fingerprint density at radius 2 is 1.75 bits per heavy atom. The third-order valence-electron chi connectivity index (χ3n) is 5.01. The maximum atomic E-state index is 10.0. The number of aromatic nitrogens is 3. The first-order valence-electron chi connectivity index (χ1n) is 9.13. The molecule has 0 spiro atoms. The zero-order chi connectivity index (χ0) is 19.5. The van der Waals surface area contributed by atoms with Gasteiger partial charge in [0.05, 0.1) is 24.6 Å². The first-order valence-corrected chi connectivity index (χ1v) is 9.13. The standard InChI is InChI=1S/C22H22N4O2/c1-26(20(13-28)17-5-3-2-4-6-17)22-18-11-19(25-21(18)23-14-24-22)16-9-7-15(12-27)8-10-16/h2-11,14,20,27-28H,12-13H2,1H3,(H,23,24,25)/t20-/m0/s1. The summed E-state index contributed by atoms with van der Waals surface area (Å²) in [5.41, 5.74) is 4.56. The van der Waals surface area contributed by atoms with Crippen LogP contribution in [0.2, 0.25) is 0 Å². The van der Waals surface area contributed by atoms with Crippen LogP contribution in [0.15, 0.2) is 67.0 Å². The Balaban J connectivity index is 1.74. The molecule has 6 heteroatoms. The van der Waals surface area contributed by atoms with E-state index in [0.717, 1.165) is 39.2 Å². The average molecular weight is 374 g/mol. The molecule has 0 fully saturated rings. The summed E-state index contributed by atoms with van der Waals surface area (Å²) in [6.45, 7) is 0.00134. The van der Waals surface area contributed by atoms with Crippen molar-refractivity contribution < 1.29 is 10.2 Å². The van der Waals surface area contributed by atoms with Crippen molar-refractivity contribution in [3.8, 4) is 11.3 Å². The Bertz CT molecular complexity index is 1060. The second-order valence-electron chi connectivity index (χ2n) is 6.72. The molecule has 0 saturated carbocycles. The number of H-pyrrole nitrogens is 1. The smallest absolute Gasteiger partial charge is 0.143 e. The largest absolute Gasteiger partial charge is 0.394 e. The van der Waals surface area contributed by atoms with Gasteiger partial charge < -0.3 is 20.1 Å². The third-order valence-corrected chi connectivity index (χ3v) is 5.01. The van der Waals surface area contributed by atoms with Crippen LogP contribution >= 0.6 is 0 Å². The van der Waals surface area contributed by atoms with Gasteiger partial charge in [0.2, 0.25) is 0 Å². The first kappa shape index (κ1) is 18.2. The molecule has 28 heavy (non-hydrogen) atoms. The first-order chi connectivity index (χ1) is 13.7. The Labute approximate surface area is 163 Å². The molecular formula is C22H22N4O2. The number of anilines is 1. The topological polar surface area (TPSA) is 85.3 Å². The van der Waals surface area contributed by atoms with Crippen molar-refractivity contribution in [1.82, 2.24) is 15.0 Å². The van der Waals surface area contributed by atoms with Gasteiger partial charge in [-0.25, -0.2) is 9.97 Å². The summed E-state index contributed by atoms with van der Waals surface area (Å²) >= 11 is 0. The number of aromatic amines is 1. The molecule has 2 aromatic heterocycles. The van der Waals surface area contributed by atoms with E-state index in [1.807, 2.05) is 72.6 Å². The molecule has 0 amide bonds.